The minimum Gasteiger partial charge on any atom is -0.377 e. The topological polar surface area (TPSA) is 35.2 Å². The summed E-state index contributed by atoms with van der Waals surface area (Å²) in [5.41, 5.74) is 7.01. The molecule has 16 heavy (non-hydrogen) atoms. The van der Waals surface area contributed by atoms with E-state index in [1.165, 1.54) is 23.3 Å². The van der Waals surface area contributed by atoms with Crippen LogP contribution >= 0.6 is 11.8 Å². The van der Waals surface area contributed by atoms with Crippen LogP contribution in [-0.4, -0.2) is 18.5 Å². The molecule has 2 rings (SSSR count). The molecule has 88 valence electrons. The van der Waals surface area contributed by atoms with Crippen LogP contribution in [-0.2, 0) is 4.74 Å². The van der Waals surface area contributed by atoms with Gasteiger partial charge in [-0.05, 0) is 37.5 Å². The maximum atomic E-state index is 5.81. The zero-order valence-electron chi connectivity index (χ0n) is 9.69. The molecule has 1 fully saturated rings. The molecule has 1 aliphatic rings. The minimum absolute atomic E-state index is 0.122. The highest BCUT2D eigenvalue weighted by Crippen LogP contribution is 2.24. The highest BCUT2D eigenvalue weighted by atomic mass is 32.2. The van der Waals surface area contributed by atoms with Gasteiger partial charge in [-0.15, -0.1) is 11.8 Å². The summed E-state index contributed by atoms with van der Waals surface area (Å²) in [6, 6.07) is 8.65. The molecule has 0 aliphatic carbocycles. The Kier molecular flexibility index (Phi) is 4.27. The normalized spacial score (nSPS) is 22.2. The fraction of sp³-hybridized carbons (Fsp3) is 0.538. The van der Waals surface area contributed by atoms with Crippen molar-refractivity contribution in [3.63, 3.8) is 0 Å². The van der Waals surface area contributed by atoms with E-state index >= 15 is 0 Å². The zero-order chi connectivity index (χ0) is 11.4. The van der Waals surface area contributed by atoms with E-state index in [1.807, 2.05) is 18.7 Å². The first-order chi connectivity index (χ1) is 7.75. The Labute approximate surface area is 102 Å². The van der Waals surface area contributed by atoms with Crippen LogP contribution in [0.5, 0.6) is 0 Å². The molecular weight excluding hydrogens is 218 g/mol. The molecule has 2 nitrogen and oxygen atoms in total. The van der Waals surface area contributed by atoms with Crippen molar-refractivity contribution in [2.75, 3.05) is 12.4 Å². The van der Waals surface area contributed by atoms with Crippen molar-refractivity contribution < 1.29 is 4.74 Å². The second-order valence-corrected chi connectivity index (χ2v) is 5.40. The lowest BCUT2D eigenvalue weighted by atomic mass is 10.1. The summed E-state index contributed by atoms with van der Waals surface area (Å²) < 4.78 is 5.60. The molecule has 0 radical (unpaired) electrons. The largest absolute Gasteiger partial charge is 0.377 e. The maximum Gasteiger partial charge on any atom is 0.0669 e. The van der Waals surface area contributed by atoms with Gasteiger partial charge in [-0.25, -0.2) is 0 Å². The van der Waals surface area contributed by atoms with E-state index in [-0.39, 0.29) is 6.04 Å². The number of ether oxygens (including phenoxy) is 1. The summed E-state index contributed by atoms with van der Waals surface area (Å²) in [6.45, 7) is 2.95. The molecular formula is C13H19NOS. The summed E-state index contributed by atoms with van der Waals surface area (Å²) in [5.74, 6) is 1.07. The molecule has 1 heterocycles. The van der Waals surface area contributed by atoms with E-state index in [4.69, 9.17) is 10.5 Å². The summed E-state index contributed by atoms with van der Waals surface area (Å²) in [7, 11) is 0. The summed E-state index contributed by atoms with van der Waals surface area (Å²) in [6.07, 6.45) is 2.89. The number of nitrogens with two attached hydrogens (primary N) is 1. The molecule has 1 aromatic carbocycles. The summed E-state index contributed by atoms with van der Waals surface area (Å²) >= 11 is 1.87. The standard InChI is InChI=1S/C13H19NOS/c1-10(14)11-4-6-13(7-5-11)16-9-12-3-2-8-15-12/h4-7,10,12H,2-3,8-9,14H2,1H3/t10-,12?/m0/s1. The molecule has 0 amide bonds. The van der Waals surface area contributed by atoms with Crippen molar-refractivity contribution in [2.45, 2.75) is 36.8 Å². The van der Waals surface area contributed by atoms with E-state index in [2.05, 4.69) is 24.3 Å². The number of hydrogen-bond acceptors (Lipinski definition) is 3. The summed E-state index contributed by atoms with van der Waals surface area (Å²) in [4.78, 5) is 1.31. The predicted molar refractivity (Wildman–Crippen MR) is 68.7 cm³/mol. The van der Waals surface area contributed by atoms with Crippen LogP contribution in [0.25, 0.3) is 0 Å². The van der Waals surface area contributed by atoms with Crippen molar-refractivity contribution in [1.82, 2.24) is 0 Å². The molecule has 0 aromatic heterocycles. The highest BCUT2D eigenvalue weighted by molar-refractivity contribution is 7.99. The van der Waals surface area contributed by atoms with E-state index in [0.717, 1.165) is 12.4 Å². The van der Waals surface area contributed by atoms with Crippen LogP contribution in [0, 0.1) is 0 Å². The Bertz CT molecular complexity index is 317. The lowest BCUT2D eigenvalue weighted by Gasteiger charge is -2.10. The van der Waals surface area contributed by atoms with Crippen molar-refractivity contribution >= 4 is 11.8 Å². The van der Waals surface area contributed by atoms with Gasteiger partial charge in [0, 0.05) is 23.3 Å². The van der Waals surface area contributed by atoms with Gasteiger partial charge in [-0.1, -0.05) is 12.1 Å². The fourth-order valence-electron chi connectivity index (χ4n) is 1.83. The van der Waals surface area contributed by atoms with Crippen LogP contribution in [0.15, 0.2) is 29.2 Å². The Morgan fingerprint density at radius 3 is 2.75 bits per heavy atom. The van der Waals surface area contributed by atoms with Crippen molar-refractivity contribution in [3.05, 3.63) is 29.8 Å². The lowest BCUT2D eigenvalue weighted by molar-refractivity contribution is 0.129. The van der Waals surface area contributed by atoms with E-state index in [0.29, 0.717) is 6.10 Å². The smallest absolute Gasteiger partial charge is 0.0669 e. The van der Waals surface area contributed by atoms with Crippen LogP contribution in [0.4, 0.5) is 0 Å². The molecule has 1 aliphatic heterocycles. The second-order valence-electron chi connectivity index (χ2n) is 4.30. The number of rotatable bonds is 4. The molecule has 1 unspecified atom stereocenters. The monoisotopic (exact) mass is 237 g/mol. The Balaban J connectivity index is 1.84. The maximum absolute atomic E-state index is 5.81. The molecule has 0 bridgehead atoms. The molecule has 3 heteroatoms. The average molecular weight is 237 g/mol. The van der Waals surface area contributed by atoms with Crippen LogP contribution in [0.2, 0.25) is 0 Å². The van der Waals surface area contributed by atoms with Crippen LogP contribution < -0.4 is 5.73 Å². The first kappa shape index (κ1) is 12.0. The zero-order valence-corrected chi connectivity index (χ0v) is 10.5. The van der Waals surface area contributed by atoms with E-state index in [9.17, 15) is 0 Å². The van der Waals surface area contributed by atoms with Crippen LogP contribution in [0.1, 0.15) is 31.4 Å². The highest BCUT2D eigenvalue weighted by Gasteiger charge is 2.15. The fourth-order valence-corrected chi connectivity index (χ4v) is 2.80. The first-order valence-corrected chi connectivity index (χ1v) is 6.84. The van der Waals surface area contributed by atoms with Gasteiger partial charge in [0.25, 0.3) is 0 Å². The number of hydrogen-bond donors (Lipinski definition) is 1. The van der Waals surface area contributed by atoms with Gasteiger partial charge in [0.05, 0.1) is 6.10 Å². The lowest BCUT2D eigenvalue weighted by Crippen LogP contribution is -2.07. The quantitative estimate of drug-likeness (QED) is 0.818. The van der Waals surface area contributed by atoms with E-state index < -0.39 is 0 Å². The van der Waals surface area contributed by atoms with Gasteiger partial charge in [-0.3, -0.25) is 0 Å². The van der Waals surface area contributed by atoms with Gasteiger partial charge >= 0.3 is 0 Å². The molecule has 2 N–H and O–H groups in total. The Morgan fingerprint density at radius 2 is 2.19 bits per heavy atom. The van der Waals surface area contributed by atoms with Crippen LogP contribution in [0.3, 0.4) is 0 Å². The van der Waals surface area contributed by atoms with Gasteiger partial charge < -0.3 is 10.5 Å². The SMILES string of the molecule is C[C@H](N)c1ccc(SCC2CCCO2)cc1. The third-order valence-electron chi connectivity index (χ3n) is 2.87. The first-order valence-electron chi connectivity index (χ1n) is 5.85. The number of thioether (sulfide) groups is 1. The molecule has 1 saturated heterocycles. The second kappa shape index (κ2) is 5.71. The van der Waals surface area contributed by atoms with E-state index in [1.54, 1.807) is 0 Å². The third kappa shape index (κ3) is 3.24. The number of benzene rings is 1. The van der Waals surface area contributed by atoms with Crippen molar-refractivity contribution in [1.29, 1.82) is 0 Å². The van der Waals surface area contributed by atoms with Gasteiger partial charge in [0.1, 0.15) is 0 Å². The van der Waals surface area contributed by atoms with Crippen molar-refractivity contribution in [2.24, 2.45) is 5.73 Å². The van der Waals surface area contributed by atoms with Crippen molar-refractivity contribution in [3.8, 4) is 0 Å². The molecule has 2 atom stereocenters. The summed E-state index contributed by atoms with van der Waals surface area (Å²) in [5, 5.41) is 0. The third-order valence-corrected chi connectivity index (χ3v) is 4.01. The molecule has 0 saturated carbocycles. The van der Waals surface area contributed by atoms with Gasteiger partial charge in [0.2, 0.25) is 0 Å². The minimum atomic E-state index is 0.122. The van der Waals surface area contributed by atoms with Gasteiger partial charge in [0.15, 0.2) is 0 Å². The predicted octanol–water partition coefficient (Wildman–Crippen LogP) is 2.98. The molecule has 0 spiro atoms. The molecule has 1 aromatic rings. The Morgan fingerprint density at radius 1 is 1.44 bits per heavy atom. The van der Waals surface area contributed by atoms with Gasteiger partial charge in [-0.2, -0.15) is 0 Å². The Hall–Kier alpha value is -0.510. The average Bonchev–Trinajstić information content (AvgIpc) is 2.80.